The Balaban J connectivity index is 1.06. The Morgan fingerprint density at radius 2 is 1.74 bits per heavy atom. The number of anilines is 2. The molecule has 1 saturated heterocycles. The number of halogens is 1. The van der Waals surface area contributed by atoms with Gasteiger partial charge in [0.15, 0.2) is 0 Å². The lowest BCUT2D eigenvalue weighted by Gasteiger charge is -2.41. The molecule has 2 heterocycles. The normalized spacial score (nSPS) is 17.9. The van der Waals surface area contributed by atoms with E-state index in [0.717, 1.165) is 67.5 Å². The maximum absolute atomic E-state index is 14.5. The van der Waals surface area contributed by atoms with Gasteiger partial charge >= 0.3 is 0 Å². The maximum Gasteiger partial charge on any atom is 0.256 e. The molecule has 6 heteroatoms. The van der Waals surface area contributed by atoms with Gasteiger partial charge in [0.05, 0.1) is 17.3 Å². The molecular formula is C32H27FN4O. The lowest BCUT2D eigenvalue weighted by atomic mass is 9.94. The van der Waals surface area contributed by atoms with Crippen LogP contribution in [0.2, 0.25) is 0 Å². The third-order valence-electron chi connectivity index (χ3n) is 8.54. The molecule has 1 amide bonds. The molecule has 188 valence electrons. The molecule has 5 nitrogen and oxygen atoms in total. The Hall–Kier alpha value is -4.21. The molecule has 0 radical (unpaired) electrons. The first-order valence-corrected chi connectivity index (χ1v) is 13.2. The average molecular weight is 503 g/mol. The molecule has 4 aromatic carbocycles. The highest BCUT2D eigenvalue weighted by atomic mass is 19.1. The van der Waals surface area contributed by atoms with E-state index in [-0.39, 0.29) is 17.3 Å². The topological polar surface area (TPSA) is 59.4 Å². The Morgan fingerprint density at radius 3 is 2.45 bits per heavy atom. The predicted octanol–water partition coefficient (Wildman–Crippen LogP) is 5.82. The van der Waals surface area contributed by atoms with Gasteiger partial charge in [0.2, 0.25) is 0 Å². The molecule has 38 heavy (non-hydrogen) atoms. The zero-order valence-corrected chi connectivity index (χ0v) is 21.0. The van der Waals surface area contributed by atoms with E-state index >= 15 is 0 Å². The molecule has 2 aliphatic heterocycles. The first kappa shape index (κ1) is 22.9. The number of carbonyl (C=O) groups is 1. The van der Waals surface area contributed by atoms with Crippen LogP contribution in [0.4, 0.5) is 15.8 Å². The monoisotopic (exact) mass is 502 g/mol. The second-order valence-electron chi connectivity index (χ2n) is 10.6. The maximum atomic E-state index is 14.5. The van der Waals surface area contributed by atoms with Crippen LogP contribution in [0.3, 0.4) is 0 Å². The molecular weight excluding hydrogens is 475 g/mol. The van der Waals surface area contributed by atoms with Crippen molar-refractivity contribution in [2.75, 3.05) is 36.4 Å². The highest BCUT2D eigenvalue weighted by molar-refractivity contribution is 6.24. The van der Waals surface area contributed by atoms with Gasteiger partial charge in [-0.3, -0.25) is 9.69 Å². The van der Waals surface area contributed by atoms with E-state index in [4.69, 9.17) is 5.26 Å². The zero-order valence-electron chi connectivity index (χ0n) is 21.0. The first-order valence-electron chi connectivity index (χ1n) is 13.2. The SMILES string of the molecule is N#Cc1ccc(N2CCN(C3(c4ccc(Cc5ccc6c7c(cccc57)C(=O)N6)cc4)CC3)CC2)c(F)c1. The van der Waals surface area contributed by atoms with Crippen molar-refractivity contribution in [2.24, 2.45) is 0 Å². The second-order valence-corrected chi connectivity index (χ2v) is 10.6. The van der Waals surface area contributed by atoms with Crippen molar-refractivity contribution in [3.63, 3.8) is 0 Å². The van der Waals surface area contributed by atoms with Gasteiger partial charge < -0.3 is 10.2 Å². The third kappa shape index (κ3) is 3.66. The quantitative estimate of drug-likeness (QED) is 0.374. The molecule has 7 rings (SSSR count). The number of piperazine rings is 1. The summed E-state index contributed by atoms with van der Waals surface area (Å²) in [5.74, 6) is -0.345. The molecule has 0 bridgehead atoms. The van der Waals surface area contributed by atoms with Crippen LogP contribution in [0.25, 0.3) is 10.8 Å². The number of nitrogens with one attached hydrogen (secondary N) is 1. The summed E-state index contributed by atoms with van der Waals surface area (Å²) in [5, 5.41) is 14.2. The van der Waals surface area contributed by atoms with Crippen molar-refractivity contribution in [3.8, 4) is 6.07 Å². The first-order chi connectivity index (χ1) is 18.6. The van der Waals surface area contributed by atoms with Gasteiger partial charge in [-0.25, -0.2) is 4.39 Å². The number of amides is 1. The summed E-state index contributed by atoms with van der Waals surface area (Å²) in [6, 6.07) is 25.9. The van der Waals surface area contributed by atoms with E-state index in [9.17, 15) is 9.18 Å². The molecule has 0 spiro atoms. The summed E-state index contributed by atoms with van der Waals surface area (Å²) in [7, 11) is 0. The molecule has 1 N–H and O–H groups in total. The fourth-order valence-corrected chi connectivity index (χ4v) is 6.37. The fraction of sp³-hybridized carbons (Fsp3) is 0.250. The summed E-state index contributed by atoms with van der Waals surface area (Å²) < 4.78 is 14.5. The van der Waals surface area contributed by atoms with Crippen LogP contribution in [0, 0.1) is 17.1 Å². The minimum absolute atomic E-state index is 0.0234. The molecule has 2 fully saturated rings. The van der Waals surface area contributed by atoms with E-state index in [2.05, 4.69) is 51.5 Å². The largest absolute Gasteiger partial charge is 0.367 e. The third-order valence-corrected chi connectivity index (χ3v) is 8.54. The smallest absolute Gasteiger partial charge is 0.256 e. The van der Waals surface area contributed by atoms with Crippen molar-refractivity contribution in [2.45, 2.75) is 24.8 Å². The van der Waals surface area contributed by atoms with E-state index in [0.29, 0.717) is 11.3 Å². The Morgan fingerprint density at radius 1 is 0.947 bits per heavy atom. The van der Waals surface area contributed by atoms with E-state index in [1.54, 1.807) is 12.1 Å². The highest BCUT2D eigenvalue weighted by Gasteiger charge is 2.49. The molecule has 4 aromatic rings. The van der Waals surface area contributed by atoms with Gasteiger partial charge in [0, 0.05) is 48.4 Å². The van der Waals surface area contributed by atoms with Gasteiger partial charge in [-0.05, 0) is 71.7 Å². The number of hydrogen-bond donors (Lipinski definition) is 1. The molecule has 1 saturated carbocycles. The van der Waals surface area contributed by atoms with Crippen LogP contribution in [0.5, 0.6) is 0 Å². The lowest BCUT2D eigenvalue weighted by molar-refractivity contribution is 0.103. The Labute approximate surface area is 221 Å². The van der Waals surface area contributed by atoms with Gasteiger partial charge in [0.1, 0.15) is 5.82 Å². The highest BCUT2D eigenvalue weighted by Crippen LogP contribution is 2.51. The fourth-order valence-electron chi connectivity index (χ4n) is 6.37. The van der Waals surface area contributed by atoms with Crippen LogP contribution in [-0.4, -0.2) is 37.0 Å². The predicted molar refractivity (Wildman–Crippen MR) is 147 cm³/mol. The minimum atomic E-state index is -0.322. The van der Waals surface area contributed by atoms with Crippen LogP contribution >= 0.6 is 0 Å². The van der Waals surface area contributed by atoms with E-state index < -0.39 is 0 Å². The summed E-state index contributed by atoms with van der Waals surface area (Å²) in [4.78, 5) is 16.9. The Bertz CT molecular complexity index is 1630. The second kappa shape index (κ2) is 8.68. The number of hydrogen-bond acceptors (Lipinski definition) is 4. The summed E-state index contributed by atoms with van der Waals surface area (Å²) in [6.45, 7) is 3.30. The van der Waals surface area contributed by atoms with Gasteiger partial charge in [0.25, 0.3) is 5.91 Å². The van der Waals surface area contributed by atoms with Gasteiger partial charge in [-0.2, -0.15) is 5.26 Å². The van der Waals surface area contributed by atoms with Crippen molar-refractivity contribution in [1.29, 1.82) is 5.26 Å². The van der Waals surface area contributed by atoms with Crippen LogP contribution in [0.1, 0.15) is 45.5 Å². The molecule has 0 unspecified atom stereocenters. The zero-order chi connectivity index (χ0) is 25.9. The van der Waals surface area contributed by atoms with Crippen molar-refractivity contribution < 1.29 is 9.18 Å². The summed E-state index contributed by atoms with van der Waals surface area (Å²) in [6.07, 6.45) is 3.11. The minimum Gasteiger partial charge on any atom is -0.367 e. The number of benzene rings is 4. The van der Waals surface area contributed by atoms with Crippen molar-refractivity contribution >= 4 is 28.1 Å². The van der Waals surface area contributed by atoms with Crippen molar-refractivity contribution in [3.05, 3.63) is 106 Å². The van der Waals surface area contributed by atoms with Crippen LogP contribution in [-0.2, 0) is 12.0 Å². The number of nitrogens with zero attached hydrogens (tertiary/aromatic N) is 3. The average Bonchev–Trinajstić information content (AvgIpc) is 3.70. The van der Waals surface area contributed by atoms with Gasteiger partial charge in [-0.1, -0.05) is 42.5 Å². The molecule has 1 aliphatic carbocycles. The summed E-state index contributed by atoms with van der Waals surface area (Å²) >= 11 is 0. The number of nitriles is 1. The standard InChI is InChI=1S/C32H27FN4O/c33-27-19-22(20-34)6-11-29(27)36-14-16-37(17-15-36)32(12-13-32)24-8-4-21(5-9-24)18-23-7-10-28-30-25(23)2-1-3-26(30)31(38)35-28/h1-11,19H,12-18H2,(H,35,38). The van der Waals surface area contributed by atoms with Crippen LogP contribution in [0.15, 0.2) is 72.8 Å². The van der Waals surface area contributed by atoms with Gasteiger partial charge in [-0.15, -0.1) is 0 Å². The number of carbonyl (C=O) groups excluding carboxylic acids is 1. The van der Waals surface area contributed by atoms with E-state index in [1.807, 2.05) is 24.3 Å². The molecule has 3 aliphatic rings. The molecule has 0 atom stereocenters. The summed E-state index contributed by atoms with van der Waals surface area (Å²) in [5.41, 5.74) is 6.51. The molecule has 0 aromatic heterocycles. The van der Waals surface area contributed by atoms with Crippen molar-refractivity contribution in [1.82, 2.24) is 4.90 Å². The van der Waals surface area contributed by atoms with Crippen LogP contribution < -0.4 is 10.2 Å². The van der Waals surface area contributed by atoms with E-state index in [1.165, 1.54) is 22.8 Å². The number of rotatable bonds is 5. The lowest BCUT2D eigenvalue weighted by Crippen LogP contribution is -2.50. The Kier molecular flexibility index (Phi) is 5.24.